The Bertz CT molecular complexity index is 355. The van der Waals surface area contributed by atoms with Crippen LogP contribution in [0, 0.1) is 5.41 Å². The van der Waals surface area contributed by atoms with Crippen LogP contribution in [0.3, 0.4) is 0 Å². The van der Waals surface area contributed by atoms with Crippen molar-refractivity contribution in [1.29, 1.82) is 0 Å². The van der Waals surface area contributed by atoms with E-state index in [-0.39, 0.29) is 17.5 Å². The molecule has 0 bridgehead atoms. The highest BCUT2D eigenvalue weighted by atomic mass is 16.6. The summed E-state index contributed by atoms with van der Waals surface area (Å²) in [6, 6.07) is 0. The number of ether oxygens (including phenoxy) is 1. The van der Waals surface area contributed by atoms with Crippen LogP contribution in [0.1, 0.15) is 33.1 Å². The highest BCUT2D eigenvalue weighted by molar-refractivity contribution is 5.78. The van der Waals surface area contributed by atoms with Crippen molar-refractivity contribution >= 4 is 5.97 Å². The number of nitrogens with zero attached hydrogens (tertiary/aromatic N) is 2. The average Bonchev–Trinajstić information content (AvgIpc) is 2.87. The number of hydrogen-bond donors (Lipinski definition) is 0. The van der Waals surface area contributed by atoms with Crippen molar-refractivity contribution in [1.82, 2.24) is 9.55 Å². The van der Waals surface area contributed by atoms with Gasteiger partial charge in [0.05, 0.1) is 18.3 Å². The number of aromatic nitrogens is 2. The van der Waals surface area contributed by atoms with Gasteiger partial charge in [0.15, 0.2) is 0 Å². The second kappa shape index (κ2) is 4.28. The molecule has 2 rings (SSSR count). The summed E-state index contributed by atoms with van der Waals surface area (Å²) in [6.07, 6.45) is 7.95. The Morgan fingerprint density at radius 2 is 2.31 bits per heavy atom. The number of esters is 1. The third-order valence-corrected chi connectivity index (χ3v) is 3.65. The molecule has 1 aliphatic rings. The average molecular weight is 222 g/mol. The maximum absolute atomic E-state index is 11.9. The summed E-state index contributed by atoms with van der Waals surface area (Å²) in [7, 11) is 0. The zero-order chi connectivity index (χ0) is 11.6. The summed E-state index contributed by atoms with van der Waals surface area (Å²) >= 11 is 0. The first-order chi connectivity index (χ1) is 7.70. The van der Waals surface area contributed by atoms with Gasteiger partial charge in [-0.05, 0) is 12.8 Å². The van der Waals surface area contributed by atoms with Crippen LogP contribution >= 0.6 is 0 Å². The van der Waals surface area contributed by atoms with Gasteiger partial charge in [-0.25, -0.2) is 4.98 Å². The third kappa shape index (κ3) is 1.84. The Morgan fingerprint density at radius 3 is 2.81 bits per heavy atom. The van der Waals surface area contributed by atoms with Crippen molar-refractivity contribution in [2.24, 2.45) is 5.41 Å². The number of cyclic esters (lactones) is 1. The zero-order valence-corrected chi connectivity index (χ0v) is 9.85. The van der Waals surface area contributed by atoms with E-state index in [0.717, 1.165) is 19.3 Å². The van der Waals surface area contributed by atoms with Gasteiger partial charge in [-0.2, -0.15) is 0 Å². The second-order valence-corrected chi connectivity index (χ2v) is 4.48. The van der Waals surface area contributed by atoms with Crippen molar-refractivity contribution in [2.45, 2.75) is 45.8 Å². The van der Waals surface area contributed by atoms with E-state index in [0.29, 0.717) is 6.54 Å². The molecule has 1 unspecified atom stereocenters. The second-order valence-electron chi connectivity index (χ2n) is 4.48. The highest BCUT2D eigenvalue weighted by Gasteiger charge is 2.46. The molecule has 0 radical (unpaired) electrons. The lowest BCUT2D eigenvalue weighted by atomic mass is 9.80. The summed E-state index contributed by atoms with van der Waals surface area (Å²) in [5, 5.41) is 0. The minimum absolute atomic E-state index is 0.00148. The molecule has 0 spiro atoms. The van der Waals surface area contributed by atoms with E-state index in [1.54, 1.807) is 12.5 Å². The molecule has 4 nitrogen and oxygen atoms in total. The van der Waals surface area contributed by atoms with Crippen molar-refractivity contribution in [3.05, 3.63) is 18.7 Å². The molecule has 16 heavy (non-hydrogen) atoms. The maximum Gasteiger partial charge on any atom is 0.312 e. The van der Waals surface area contributed by atoms with Gasteiger partial charge in [0.2, 0.25) is 0 Å². The largest absolute Gasteiger partial charge is 0.460 e. The molecular formula is C12H18N2O2. The Balaban J connectivity index is 2.03. The van der Waals surface area contributed by atoms with Crippen LogP contribution in [0.15, 0.2) is 18.7 Å². The fourth-order valence-electron chi connectivity index (χ4n) is 2.40. The molecule has 1 atom stereocenters. The number of rotatable bonds is 4. The molecule has 1 aromatic heterocycles. The zero-order valence-electron chi connectivity index (χ0n) is 9.85. The summed E-state index contributed by atoms with van der Waals surface area (Å²) in [4.78, 5) is 15.8. The van der Waals surface area contributed by atoms with E-state index in [1.807, 2.05) is 10.8 Å². The predicted octanol–water partition coefficient (Wildman–Crippen LogP) is 2.00. The molecule has 2 heterocycles. The topological polar surface area (TPSA) is 44.1 Å². The van der Waals surface area contributed by atoms with E-state index < -0.39 is 0 Å². The normalized spacial score (nSPS) is 23.4. The molecule has 0 N–H and O–H groups in total. The van der Waals surface area contributed by atoms with Gasteiger partial charge in [0, 0.05) is 18.8 Å². The van der Waals surface area contributed by atoms with Crippen molar-refractivity contribution in [2.75, 3.05) is 0 Å². The molecule has 0 aliphatic carbocycles. The first-order valence-electron chi connectivity index (χ1n) is 5.87. The van der Waals surface area contributed by atoms with Crippen LogP contribution in [0.2, 0.25) is 0 Å². The molecule has 1 aromatic rings. The molecular weight excluding hydrogens is 204 g/mol. The quantitative estimate of drug-likeness (QED) is 0.732. The summed E-state index contributed by atoms with van der Waals surface area (Å²) in [6.45, 7) is 4.84. The first-order valence-corrected chi connectivity index (χ1v) is 5.87. The van der Waals surface area contributed by atoms with Gasteiger partial charge in [-0.1, -0.05) is 13.8 Å². The van der Waals surface area contributed by atoms with Gasteiger partial charge in [0.25, 0.3) is 0 Å². The Labute approximate surface area is 95.6 Å². The predicted molar refractivity (Wildman–Crippen MR) is 59.7 cm³/mol. The molecule has 1 fully saturated rings. The highest BCUT2D eigenvalue weighted by Crippen LogP contribution is 2.40. The van der Waals surface area contributed by atoms with Gasteiger partial charge < -0.3 is 9.30 Å². The smallest absolute Gasteiger partial charge is 0.312 e. The number of carbonyl (C=O) groups excluding carboxylic acids is 1. The van der Waals surface area contributed by atoms with Gasteiger partial charge >= 0.3 is 5.97 Å². The maximum atomic E-state index is 11.9. The third-order valence-electron chi connectivity index (χ3n) is 3.65. The number of carbonyl (C=O) groups is 1. The minimum Gasteiger partial charge on any atom is -0.460 e. The SMILES string of the molecule is CCC1(CC)CC(Cn2ccnc2)OC1=O. The Morgan fingerprint density at radius 1 is 1.56 bits per heavy atom. The van der Waals surface area contributed by atoms with Gasteiger partial charge in [-0.3, -0.25) is 4.79 Å². The van der Waals surface area contributed by atoms with E-state index in [1.165, 1.54) is 0 Å². The summed E-state index contributed by atoms with van der Waals surface area (Å²) in [5.74, 6) is -0.0254. The number of hydrogen-bond acceptors (Lipinski definition) is 3. The lowest BCUT2D eigenvalue weighted by Crippen LogP contribution is -2.24. The van der Waals surface area contributed by atoms with Crippen molar-refractivity contribution < 1.29 is 9.53 Å². The van der Waals surface area contributed by atoms with Crippen LogP contribution in [-0.2, 0) is 16.1 Å². The lowest BCUT2D eigenvalue weighted by Gasteiger charge is -2.20. The number of imidazole rings is 1. The molecule has 1 saturated heterocycles. The van der Waals surface area contributed by atoms with Gasteiger partial charge in [-0.15, -0.1) is 0 Å². The molecule has 4 heteroatoms. The van der Waals surface area contributed by atoms with E-state index in [9.17, 15) is 4.79 Å². The molecule has 1 aliphatic heterocycles. The molecule has 0 saturated carbocycles. The molecule has 88 valence electrons. The molecule has 0 amide bonds. The Hall–Kier alpha value is -1.32. The van der Waals surface area contributed by atoms with Crippen LogP contribution in [0.5, 0.6) is 0 Å². The Kier molecular flexibility index (Phi) is 2.99. The van der Waals surface area contributed by atoms with E-state index in [2.05, 4.69) is 18.8 Å². The summed E-state index contributed by atoms with van der Waals surface area (Å²) < 4.78 is 7.40. The lowest BCUT2D eigenvalue weighted by molar-refractivity contribution is -0.149. The standard InChI is InChI=1S/C12H18N2O2/c1-3-12(4-2)7-10(16-11(12)15)8-14-6-5-13-9-14/h5-6,9-10H,3-4,7-8H2,1-2H3. The van der Waals surface area contributed by atoms with Gasteiger partial charge in [0.1, 0.15) is 6.10 Å². The van der Waals surface area contributed by atoms with Crippen molar-refractivity contribution in [3.8, 4) is 0 Å². The fraction of sp³-hybridized carbons (Fsp3) is 0.667. The molecule has 0 aromatic carbocycles. The monoisotopic (exact) mass is 222 g/mol. The van der Waals surface area contributed by atoms with Crippen LogP contribution in [0.25, 0.3) is 0 Å². The van der Waals surface area contributed by atoms with Crippen LogP contribution < -0.4 is 0 Å². The van der Waals surface area contributed by atoms with Crippen LogP contribution in [-0.4, -0.2) is 21.6 Å². The van der Waals surface area contributed by atoms with E-state index in [4.69, 9.17) is 4.74 Å². The van der Waals surface area contributed by atoms with Crippen molar-refractivity contribution in [3.63, 3.8) is 0 Å². The fourth-order valence-corrected chi connectivity index (χ4v) is 2.40. The first kappa shape index (κ1) is 11.2. The van der Waals surface area contributed by atoms with E-state index >= 15 is 0 Å². The summed E-state index contributed by atoms with van der Waals surface area (Å²) in [5.41, 5.74) is -0.245. The minimum atomic E-state index is -0.245. The van der Waals surface area contributed by atoms with Crippen LogP contribution in [0.4, 0.5) is 0 Å².